The fraction of sp³-hybridized carbons (Fsp3) is 0.409. The first-order valence-corrected chi connectivity index (χ1v) is 9.56. The molecule has 0 spiro atoms. The topological polar surface area (TPSA) is 89.2 Å². The first kappa shape index (κ1) is 22.2. The van der Waals surface area contributed by atoms with Gasteiger partial charge < -0.3 is 19.4 Å². The number of nitriles is 1. The van der Waals surface area contributed by atoms with E-state index >= 15 is 0 Å². The van der Waals surface area contributed by atoms with E-state index in [1.165, 1.54) is 0 Å². The van der Waals surface area contributed by atoms with Crippen molar-refractivity contribution in [2.24, 2.45) is 0 Å². The zero-order valence-electron chi connectivity index (χ0n) is 17.7. The molecule has 154 valence electrons. The van der Waals surface area contributed by atoms with Crippen LogP contribution in [0.2, 0.25) is 0 Å². The highest BCUT2D eigenvalue weighted by molar-refractivity contribution is 6.01. The predicted octanol–water partition coefficient (Wildman–Crippen LogP) is 3.33. The molecule has 2 rings (SSSR count). The van der Waals surface area contributed by atoms with Crippen molar-refractivity contribution in [3.8, 4) is 11.9 Å². The molecule has 0 aliphatic heterocycles. The molecule has 2 heterocycles. The minimum absolute atomic E-state index is 0.0590. The molecule has 0 saturated heterocycles. The van der Waals surface area contributed by atoms with Crippen molar-refractivity contribution in [2.45, 2.75) is 40.3 Å². The van der Waals surface area contributed by atoms with Gasteiger partial charge in [0.05, 0.1) is 19.3 Å². The van der Waals surface area contributed by atoms with Crippen LogP contribution in [0.1, 0.15) is 42.4 Å². The summed E-state index contributed by atoms with van der Waals surface area (Å²) in [6, 6.07) is 7.71. The van der Waals surface area contributed by atoms with Crippen LogP contribution in [0, 0.1) is 25.2 Å². The quantitative estimate of drug-likeness (QED) is 0.519. The first-order chi connectivity index (χ1) is 13.9. The van der Waals surface area contributed by atoms with Gasteiger partial charge in [-0.1, -0.05) is 0 Å². The Bertz CT molecular complexity index is 925. The zero-order chi connectivity index (χ0) is 21.4. The molecule has 0 aromatic carbocycles. The molecule has 0 aliphatic rings. The van der Waals surface area contributed by atoms with E-state index in [4.69, 9.17) is 9.47 Å². The van der Waals surface area contributed by atoms with Crippen LogP contribution in [0.15, 0.2) is 30.0 Å². The van der Waals surface area contributed by atoms with Crippen LogP contribution in [0.3, 0.4) is 0 Å². The Morgan fingerprint density at radius 1 is 1.41 bits per heavy atom. The molecule has 0 aliphatic carbocycles. The number of ether oxygens (including phenoxy) is 2. The molecule has 0 saturated carbocycles. The second kappa shape index (κ2) is 10.4. The van der Waals surface area contributed by atoms with Crippen LogP contribution >= 0.6 is 0 Å². The normalized spacial score (nSPS) is 12.3. The molecule has 0 fully saturated rings. The van der Waals surface area contributed by atoms with Gasteiger partial charge in [0.25, 0.3) is 5.91 Å². The number of methoxy groups -OCH3 is 1. The van der Waals surface area contributed by atoms with E-state index in [-0.39, 0.29) is 18.2 Å². The highest BCUT2D eigenvalue weighted by Crippen LogP contribution is 2.23. The molecule has 1 unspecified atom stereocenters. The summed E-state index contributed by atoms with van der Waals surface area (Å²) in [6.07, 6.45) is 3.26. The Balaban J connectivity index is 2.15. The summed E-state index contributed by atoms with van der Waals surface area (Å²) < 4.78 is 12.8. The Kier molecular flexibility index (Phi) is 7.98. The van der Waals surface area contributed by atoms with Gasteiger partial charge in [-0.15, -0.1) is 0 Å². The molecule has 7 nitrogen and oxygen atoms in total. The summed E-state index contributed by atoms with van der Waals surface area (Å²) in [5, 5.41) is 12.3. The van der Waals surface area contributed by atoms with Crippen molar-refractivity contribution < 1.29 is 14.3 Å². The van der Waals surface area contributed by atoms with Crippen molar-refractivity contribution >= 4 is 12.0 Å². The third kappa shape index (κ3) is 5.69. The standard InChI is InChI=1S/C22H28N4O3/c1-6-29-21-10-18(7-8-24-21)13-25-22(27)20(12-23)11-19-9-15(2)26(17(19)4)16(3)14-28-5/h7-11,16H,6,13-14H2,1-5H3,(H,25,27)/b20-11+. The number of rotatable bonds is 9. The first-order valence-electron chi connectivity index (χ1n) is 9.56. The molecule has 0 radical (unpaired) electrons. The van der Waals surface area contributed by atoms with Gasteiger partial charge in [-0.05, 0) is 57.0 Å². The summed E-state index contributed by atoms with van der Waals surface area (Å²) >= 11 is 0. The van der Waals surface area contributed by atoms with E-state index < -0.39 is 5.91 Å². The number of nitrogens with zero attached hydrogens (tertiary/aromatic N) is 3. The number of carbonyl (C=O) groups excluding carboxylic acids is 1. The molecule has 1 atom stereocenters. The number of pyridine rings is 1. The van der Waals surface area contributed by atoms with E-state index in [0.29, 0.717) is 19.1 Å². The van der Waals surface area contributed by atoms with Crippen LogP contribution < -0.4 is 10.1 Å². The summed E-state index contributed by atoms with van der Waals surface area (Å²) in [4.78, 5) is 16.6. The van der Waals surface area contributed by atoms with E-state index in [1.54, 1.807) is 31.5 Å². The minimum atomic E-state index is -0.419. The molecular weight excluding hydrogens is 368 g/mol. The minimum Gasteiger partial charge on any atom is -0.478 e. The van der Waals surface area contributed by atoms with Crippen molar-refractivity contribution in [3.05, 3.63) is 52.5 Å². The van der Waals surface area contributed by atoms with E-state index in [9.17, 15) is 10.1 Å². The molecule has 2 aromatic heterocycles. The van der Waals surface area contributed by atoms with Crippen LogP contribution in [0.5, 0.6) is 5.88 Å². The van der Waals surface area contributed by atoms with Gasteiger partial charge in [-0.3, -0.25) is 4.79 Å². The molecule has 29 heavy (non-hydrogen) atoms. The van der Waals surface area contributed by atoms with Gasteiger partial charge in [-0.2, -0.15) is 5.26 Å². The van der Waals surface area contributed by atoms with Crippen molar-refractivity contribution in [1.82, 2.24) is 14.9 Å². The number of amides is 1. The molecule has 7 heteroatoms. The van der Waals surface area contributed by atoms with Crippen molar-refractivity contribution in [3.63, 3.8) is 0 Å². The van der Waals surface area contributed by atoms with E-state index in [1.807, 2.05) is 32.9 Å². The smallest absolute Gasteiger partial charge is 0.262 e. The Hall–Kier alpha value is -3.11. The lowest BCUT2D eigenvalue weighted by molar-refractivity contribution is -0.117. The fourth-order valence-corrected chi connectivity index (χ4v) is 3.31. The van der Waals surface area contributed by atoms with Gasteiger partial charge in [0.1, 0.15) is 11.6 Å². The average Bonchev–Trinajstić information content (AvgIpc) is 2.98. The number of carbonyl (C=O) groups is 1. The van der Waals surface area contributed by atoms with Gasteiger partial charge >= 0.3 is 0 Å². The zero-order valence-corrected chi connectivity index (χ0v) is 17.7. The predicted molar refractivity (Wildman–Crippen MR) is 111 cm³/mol. The lowest BCUT2D eigenvalue weighted by Gasteiger charge is -2.17. The fourth-order valence-electron chi connectivity index (χ4n) is 3.31. The molecule has 0 bridgehead atoms. The second-order valence-electron chi connectivity index (χ2n) is 6.79. The number of hydrogen-bond acceptors (Lipinski definition) is 5. The van der Waals surface area contributed by atoms with Crippen molar-refractivity contribution in [1.29, 1.82) is 5.26 Å². The van der Waals surface area contributed by atoms with Gasteiger partial charge in [0, 0.05) is 37.3 Å². The lowest BCUT2D eigenvalue weighted by Crippen LogP contribution is -2.24. The molecule has 1 N–H and O–H groups in total. The summed E-state index contributed by atoms with van der Waals surface area (Å²) in [5.41, 5.74) is 3.79. The molecule has 2 aromatic rings. The monoisotopic (exact) mass is 396 g/mol. The Morgan fingerprint density at radius 3 is 2.83 bits per heavy atom. The molecule has 1 amide bonds. The third-order valence-corrected chi connectivity index (χ3v) is 4.58. The maximum atomic E-state index is 12.5. The largest absolute Gasteiger partial charge is 0.478 e. The number of aryl methyl sites for hydroxylation is 1. The number of aromatic nitrogens is 2. The van der Waals surface area contributed by atoms with Crippen LogP contribution in [-0.4, -0.2) is 35.8 Å². The second-order valence-corrected chi connectivity index (χ2v) is 6.79. The van der Waals surface area contributed by atoms with Crippen LogP contribution in [0.25, 0.3) is 6.08 Å². The third-order valence-electron chi connectivity index (χ3n) is 4.58. The lowest BCUT2D eigenvalue weighted by atomic mass is 10.1. The highest BCUT2D eigenvalue weighted by atomic mass is 16.5. The van der Waals surface area contributed by atoms with Gasteiger partial charge in [-0.25, -0.2) is 4.98 Å². The molecular formula is C22H28N4O3. The van der Waals surface area contributed by atoms with Gasteiger partial charge in [0.15, 0.2) is 0 Å². The average molecular weight is 396 g/mol. The van der Waals surface area contributed by atoms with Gasteiger partial charge in [0.2, 0.25) is 5.88 Å². The van der Waals surface area contributed by atoms with Crippen LogP contribution in [-0.2, 0) is 16.1 Å². The Labute approximate surface area is 172 Å². The summed E-state index contributed by atoms with van der Waals surface area (Å²) in [6.45, 7) is 9.32. The highest BCUT2D eigenvalue weighted by Gasteiger charge is 2.15. The summed E-state index contributed by atoms with van der Waals surface area (Å²) in [5.74, 6) is 0.0879. The SMILES string of the molecule is CCOc1cc(CNC(=O)/C(C#N)=C/c2cc(C)n(C(C)COC)c2C)ccn1. The number of nitrogens with one attached hydrogen (secondary N) is 1. The van der Waals surface area contributed by atoms with E-state index in [2.05, 4.69) is 21.8 Å². The Morgan fingerprint density at radius 2 is 2.17 bits per heavy atom. The summed E-state index contributed by atoms with van der Waals surface area (Å²) in [7, 11) is 1.67. The maximum Gasteiger partial charge on any atom is 0.262 e. The number of hydrogen-bond donors (Lipinski definition) is 1. The van der Waals surface area contributed by atoms with Crippen molar-refractivity contribution in [2.75, 3.05) is 20.3 Å². The maximum absolute atomic E-state index is 12.5. The van der Waals surface area contributed by atoms with E-state index in [0.717, 1.165) is 22.5 Å². The van der Waals surface area contributed by atoms with Crippen LogP contribution in [0.4, 0.5) is 0 Å².